The van der Waals surface area contributed by atoms with Crippen molar-refractivity contribution < 1.29 is 4.79 Å². The van der Waals surface area contributed by atoms with E-state index in [0.29, 0.717) is 18.0 Å². The third kappa shape index (κ3) is 3.17. The van der Waals surface area contributed by atoms with Crippen molar-refractivity contribution in [3.05, 3.63) is 0 Å². The summed E-state index contributed by atoms with van der Waals surface area (Å²) in [6.07, 6.45) is 8.84. The topological polar surface area (TPSA) is 35.6 Å². The van der Waals surface area contributed by atoms with Crippen LogP contribution < -0.4 is 5.32 Å². The fourth-order valence-corrected chi connectivity index (χ4v) is 4.05. The number of nitrogens with zero attached hydrogens (tertiary/aromatic N) is 2. The number of amides is 1. The molecule has 3 saturated heterocycles. The van der Waals surface area contributed by atoms with Gasteiger partial charge in [0.25, 0.3) is 0 Å². The predicted octanol–water partition coefficient (Wildman–Crippen LogP) is 1.60. The summed E-state index contributed by atoms with van der Waals surface area (Å²) < 4.78 is 0. The van der Waals surface area contributed by atoms with E-state index in [2.05, 4.69) is 22.0 Å². The van der Waals surface area contributed by atoms with Gasteiger partial charge in [-0.3, -0.25) is 9.69 Å². The van der Waals surface area contributed by atoms with Gasteiger partial charge in [-0.2, -0.15) is 0 Å². The van der Waals surface area contributed by atoms with Crippen LogP contribution in [-0.4, -0.2) is 60.0 Å². The van der Waals surface area contributed by atoms with Crippen LogP contribution in [0.5, 0.6) is 0 Å². The van der Waals surface area contributed by atoms with Crippen LogP contribution >= 0.6 is 0 Å². The first-order valence-corrected chi connectivity index (χ1v) is 8.53. The Morgan fingerprint density at radius 1 is 1.00 bits per heavy atom. The summed E-state index contributed by atoms with van der Waals surface area (Å²) in [5.74, 6) is 0.362. The zero-order chi connectivity index (χ0) is 13.9. The molecule has 3 fully saturated rings. The van der Waals surface area contributed by atoms with E-state index in [0.717, 1.165) is 32.6 Å². The molecule has 1 amide bonds. The van der Waals surface area contributed by atoms with Gasteiger partial charge in [0.1, 0.15) is 0 Å². The summed E-state index contributed by atoms with van der Waals surface area (Å²) in [6, 6.07) is 1.28. The molecule has 3 heterocycles. The SMILES string of the molecule is CC(C(=O)N1CCC2CCC(C1)N2)N1CCCCCC1. The van der Waals surface area contributed by atoms with E-state index < -0.39 is 0 Å². The normalized spacial score (nSPS) is 33.5. The molecule has 0 aromatic carbocycles. The lowest BCUT2D eigenvalue weighted by atomic mass is 10.1. The second-order valence-electron chi connectivity index (χ2n) is 6.84. The Hall–Kier alpha value is -0.610. The third-order valence-electron chi connectivity index (χ3n) is 5.38. The quantitative estimate of drug-likeness (QED) is 0.834. The van der Waals surface area contributed by atoms with E-state index in [1.807, 2.05) is 0 Å². The van der Waals surface area contributed by atoms with Crippen LogP contribution in [0.25, 0.3) is 0 Å². The highest BCUT2D eigenvalue weighted by atomic mass is 16.2. The van der Waals surface area contributed by atoms with E-state index in [1.165, 1.54) is 38.5 Å². The predicted molar refractivity (Wildman–Crippen MR) is 80.6 cm³/mol. The summed E-state index contributed by atoms with van der Waals surface area (Å²) >= 11 is 0. The van der Waals surface area contributed by atoms with E-state index in [4.69, 9.17) is 0 Å². The first-order valence-electron chi connectivity index (χ1n) is 8.53. The molecule has 4 heteroatoms. The van der Waals surface area contributed by atoms with E-state index in [1.54, 1.807) is 0 Å². The second kappa shape index (κ2) is 6.44. The molecule has 0 aliphatic carbocycles. The van der Waals surface area contributed by atoms with Gasteiger partial charge in [-0.15, -0.1) is 0 Å². The summed E-state index contributed by atoms with van der Waals surface area (Å²) in [5.41, 5.74) is 0. The average Bonchev–Trinajstić information content (AvgIpc) is 2.67. The molecule has 3 atom stereocenters. The summed E-state index contributed by atoms with van der Waals surface area (Å²) in [5, 5.41) is 3.66. The number of rotatable bonds is 2. The minimum absolute atomic E-state index is 0.0738. The zero-order valence-corrected chi connectivity index (χ0v) is 12.8. The lowest BCUT2D eigenvalue weighted by Crippen LogP contribution is -2.49. The van der Waals surface area contributed by atoms with Crippen LogP contribution in [0.2, 0.25) is 0 Å². The number of carbonyl (C=O) groups is 1. The zero-order valence-electron chi connectivity index (χ0n) is 12.8. The Balaban J connectivity index is 1.59. The molecule has 3 aliphatic rings. The Bertz CT molecular complexity index is 339. The van der Waals surface area contributed by atoms with Crippen molar-refractivity contribution >= 4 is 5.91 Å². The summed E-state index contributed by atoms with van der Waals surface area (Å²) in [7, 11) is 0. The fraction of sp³-hybridized carbons (Fsp3) is 0.938. The van der Waals surface area contributed by atoms with Crippen molar-refractivity contribution in [1.82, 2.24) is 15.1 Å². The molecule has 3 unspecified atom stereocenters. The molecule has 3 aliphatic heterocycles. The molecular weight excluding hydrogens is 250 g/mol. The minimum Gasteiger partial charge on any atom is -0.340 e. The first-order chi connectivity index (χ1) is 9.74. The number of carbonyl (C=O) groups excluding carboxylic acids is 1. The smallest absolute Gasteiger partial charge is 0.239 e. The van der Waals surface area contributed by atoms with Crippen LogP contribution in [0.15, 0.2) is 0 Å². The van der Waals surface area contributed by atoms with Gasteiger partial charge in [-0.05, 0) is 52.1 Å². The van der Waals surface area contributed by atoms with Crippen molar-refractivity contribution in [3.63, 3.8) is 0 Å². The molecule has 20 heavy (non-hydrogen) atoms. The maximum Gasteiger partial charge on any atom is 0.239 e. The lowest BCUT2D eigenvalue weighted by Gasteiger charge is -2.32. The molecular formula is C16H29N3O. The van der Waals surface area contributed by atoms with Crippen molar-refractivity contribution in [3.8, 4) is 0 Å². The maximum absolute atomic E-state index is 12.8. The van der Waals surface area contributed by atoms with Gasteiger partial charge in [0.15, 0.2) is 0 Å². The van der Waals surface area contributed by atoms with Crippen molar-refractivity contribution in [1.29, 1.82) is 0 Å². The minimum atomic E-state index is 0.0738. The lowest BCUT2D eigenvalue weighted by molar-refractivity contribution is -0.136. The highest BCUT2D eigenvalue weighted by Crippen LogP contribution is 2.22. The van der Waals surface area contributed by atoms with Gasteiger partial charge < -0.3 is 10.2 Å². The number of hydrogen-bond acceptors (Lipinski definition) is 3. The number of hydrogen-bond donors (Lipinski definition) is 1. The summed E-state index contributed by atoms with van der Waals surface area (Å²) in [6.45, 7) is 6.19. The fourth-order valence-electron chi connectivity index (χ4n) is 4.05. The highest BCUT2D eigenvalue weighted by Gasteiger charge is 2.33. The standard InChI is InChI=1S/C16H29N3O/c1-13(18-9-4-2-3-5-10-18)16(20)19-11-8-14-6-7-15(12-19)17-14/h13-15,17H,2-12H2,1H3. The monoisotopic (exact) mass is 279 g/mol. The van der Waals surface area contributed by atoms with Gasteiger partial charge in [0.05, 0.1) is 6.04 Å². The Morgan fingerprint density at radius 2 is 1.70 bits per heavy atom. The Morgan fingerprint density at radius 3 is 2.45 bits per heavy atom. The maximum atomic E-state index is 12.8. The Labute approximate surface area is 122 Å². The first kappa shape index (κ1) is 14.3. The van der Waals surface area contributed by atoms with Crippen molar-refractivity contribution in [2.24, 2.45) is 0 Å². The molecule has 2 bridgehead atoms. The van der Waals surface area contributed by atoms with Gasteiger partial charge >= 0.3 is 0 Å². The molecule has 114 valence electrons. The molecule has 0 saturated carbocycles. The highest BCUT2D eigenvalue weighted by molar-refractivity contribution is 5.81. The molecule has 0 spiro atoms. The number of likely N-dealkylation sites (tertiary alicyclic amines) is 2. The molecule has 0 aromatic rings. The van der Waals surface area contributed by atoms with E-state index in [9.17, 15) is 4.79 Å². The molecule has 0 aromatic heterocycles. The van der Waals surface area contributed by atoms with Gasteiger partial charge in [0.2, 0.25) is 5.91 Å². The molecule has 3 rings (SSSR count). The largest absolute Gasteiger partial charge is 0.340 e. The van der Waals surface area contributed by atoms with E-state index in [-0.39, 0.29) is 6.04 Å². The van der Waals surface area contributed by atoms with Crippen molar-refractivity contribution in [2.75, 3.05) is 26.2 Å². The second-order valence-corrected chi connectivity index (χ2v) is 6.84. The van der Waals surface area contributed by atoms with Crippen LogP contribution in [0.4, 0.5) is 0 Å². The van der Waals surface area contributed by atoms with E-state index >= 15 is 0 Å². The van der Waals surface area contributed by atoms with Crippen LogP contribution in [0.3, 0.4) is 0 Å². The third-order valence-corrected chi connectivity index (χ3v) is 5.38. The number of fused-ring (bicyclic) bond motifs is 2. The molecule has 0 radical (unpaired) electrons. The number of nitrogens with one attached hydrogen (secondary N) is 1. The van der Waals surface area contributed by atoms with Crippen LogP contribution in [0.1, 0.15) is 51.9 Å². The van der Waals surface area contributed by atoms with Crippen LogP contribution in [-0.2, 0) is 4.79 Å². The summed E-state index contributed by atoms with van der Waals surface area (Å²) in [4.78, 5) is 17.3. The Kier molecular flexibility index (Phi) is 4.61. The van der Waals surface area contributed by atoms with Gasteiger partial charge in [-0.1, -0.05) is 12.8 Å². The average molecular weight is 279 g/mol. The van der Waals surface area contributed by atoms with Gasteiger partial charge in [-0.25, -0.2) is 0 Å². The van der Waals surface area contributed by atoms with Crippen molar-refractivity contribution in [2.45, 2.75) is 70.0 Å². The van der Waals surface area contributed by atoms with Gasteiger partial charge in [0, 0.05) is 25.2 Å². The molecule has 4 nitrogen and oxygen atoms in total. The van der Waals surface area contributed by atoms with Crippen LogP contribution in [0, 0.1) is 0 Å². The molecule has 1 N–H and O–H groups in total.